The van der Waals surface area contributed by atoms with E-state index in [0.29, 0.717) is 9.26 Å². The van der Waals surface area contributed by atoms with Gasteiger partial charge in [0.25, 0.3) is 5.56 Å². The molecule has 0 saturated heterocycles. The predicted octanol–water partition coefficient (Wildman–Crippen LogP) is 2.26. The topological polar surface area (TPSA) is 80.4 Å². The van der Waals surface area contributed by atoms with Crippen molar-refractivity contribution in [1.29, 1.82) is 0 Å². The molecule has 0 fully saturated rings. The van der Waals surface area contributed by atoms with Gasteiger partial charge in [-0.05, 0) is 28.7 Å². The first-order valence-corrected chi connectivity index (χ1v) is 7.08. The molecule has 112 valence electrons. The van der Waals surface area contributed by atoms with Crippen molar-refractivity contribution in [3.63, 3.8) is 0 Å². The van der Waals surface area contributed by atoms with Crippen LogP contribution in [0, 0.1) is 8.99 Å². The monoisotopic (exact) mass is 394 g/mol. The van der Waals surface area contributed by atoms with Gasteiger partial charge in [-0.15, -0.1) is 0 Å². The Morgan fingerprint density at radius 3 is 2.30 bits per heavy atom. The van der Waals surface area contributed by atoms with E-state index in [1.165, 1.54) is 14.2 Å². The molecule has 0 radical (unpaired) electrons. The zero-order chi connectivity index (χ0) is 15.5. The van der Waals surface area contributed by atoms with Crippen LogP contribution in [0.4, 0.5) is 5.69 Å². The number of ether oxygens (including phenoxy) is 2. The van der Waals surface area contributed by atoms with Crippen LogP contribution < -0.4 is 10.9 Å². The molecule has 0 aliphatic heterocycles. The van der Waals surface area contributed by atoms with E-state index in [1.54, 1.807) is 26.8 Å². The number of methoxy groups -OCH3 is 2. The molecule has 0 spiro atoms. The van der Waals surface area contributed by atoms with Gasteiger partial charge < -0.3 is 19.8 Å². The Bertz CT molecular complexity index is 544. The fourth-order valence-electron chi connectivity index (χ4n) is 1.44. The molecule has 0 bridgehead atoms. The van der Waals surface area contributed by atoms with Gasteiger partial charge in [-0.25, -0.2) is 0 Å². The molecule has 0 aliphatic rings. The molecule has 1 rings (SSSR count). The van der Waals surface area contributed by atoms with Gasteiger partial charge in [0.2, 0.25) is 5.91 Å². The molecule has 20 heavy (non-hydrogen) atoms. The Kier molecular flexibility index (Phi) is 5.72. The minimum atomic E-state index is -0.649. The smallest absolute Gasteiger partial charge is 0.273 e. The second kappa shape index (κ2) is 6.68. The van der Waals surface area contributed by atoms with E-state index in [0.717, 1.165) is 0 Å². The van der Waals surface area contributed by atoms with Gasteiger partial charge in [0.15, 0.2) is 6.29 Å². The van der Waals surface area contributed by atoms with Crippen molar-refractivity contribution in [1.82, 2.24) is 4.98 Å². The van der Waals surface area contributed by atoms with Crippen LogP contribution in [0.5, 0.6) is 0 Å². The van der Waals surface area contributed by atoms with Gasteiger partial charge in [0, 0.05) is 23.2 Å². The molecule has 6 nitrogen and oxygen atoms in total. The molecule has 0 aliphatic carbocycles. The third-order valence-electron chi connectivity index (χ3n) is 2.61. The van der Waals surface area contributed by atoms with Crippen LogP contribution in [0.1, 0.15) is 32.8 Å². The molecule has 2 N–H and O–H groups in total. The Balaban J connectivity index is 3.13. The first kappa shape index (κ1) is 17.1. The Labute approximate surface area is 131 Å². The van der Waals surface area contributed by atoms with Crippen LogP contribution in [0.25, 0.3) is 0 Å². The second-order valence-electron chi connectivity index (χ2n) is 5.28. The average Bonchev–Trinajstić information content (AvgIpc) is 2.33. The summed E-state index contributed by atoms with van der Waals surface area (Å²) in [5.41, 5.74) is -0.225. The molecule has 0 atom stereocenters. The van der Waals surface area contributed by atoms with Gasteiger partial charge in [-0.1, -0.05) is 20.8 Å². The number of rotatable bonds is 4. The SMILES string of the molecule is COC(OC)c1cc(I)c(NC(=O)C(C)(C)C)c(=O)[nH]1. The molecular formula is C13H19IN2O4. The van der Waals surface area contributed by atoms with Crippen LogP contribution in [0.15, 0.2) is 10.9 Å². The number of H-pyrrole nitrogens is 1. The van der Waals surface area contributed by atoms with E-state index in [2.05, 4.69) is 10.3 Å². The standard InChI is InChI=1S/C13H19IN2O4/c1-13(2,3)12(18)16-9-7(14)6-8(15-10(9)17)11(19-4)20-5/h6,11H,1-5H3,(H,15,17)(H,16,18). The maximum atomic E-state index is 12.1. The molecule has 1 aromatic rings. The van der Waals surface area contributed by atoms with E-state index in [1.807, 2.05) is 22.6 Å². The summed E-state index contributed by atoms with van der Waals surface area (Å²) < 4.78 is 10.8. The van der Waals surface area contributed by atoms with Crippen molar-refractivity contribution >= 4 is 34.2 Å². The van der Waals surface area contributed by atoms with Crippen molar-refractivity contribution in [2.45, 2.75) is 27.1 Å². The number of anilines is 1. The lowest BCUT2D eigenvalue weighted by Crippen LogP contribution is -2.31. The summed E-state index contributed by atoms with van der Waals surface area (Å²) >= 11 is 1.99. The average molecular weight is 394 g/mol. The largest absolute Gasteiger partial charge is 0.350 e. The fraction of sp³-hybridized carbons (Fsp3) is 0.538. The lowest BCUT2D eigenvalue weighted by molar-refractivity contribution is -0.123. The highest BCUT2D eigenvalue weighted by molar-refractivity contribution is 14.1. The normalized spacial score (nSPS) is 11.8. The molecule has 0 unspecified atom stereocenters. The molecule has 1 heterocycles. The minimum Gasteiger partial charge on any atom is -0.350 e. The van der Waals surface area contributed by atoms with Gasteiger partial charge in [-0.2, -0.15) is 0 Å². The van der Waals surface area contributed by atoms with Crippen molar-refractivity contribution in [3.05, 3.63) is 25.7 Å². The number of carbonyl (C=O) groups is 1. The van der Waals surface area contributed by atoms with Crippen LogP contribution in [0.3, 0.4) is 0 Å². The fourth-order valence-corrected chi connectivity index (χ4v) is 2.16. The summed E-state index contributed by atoms with van der Waals surface area (Å²) in [5, 5.41) is 2.65. The van der Waals surface area contributed by atoms with Gasteiger partial charge >= 0.3 is 0 Å². The van der Waals surface area contributed by atoms with E-state index in [-0.39, 0.29) is 17.2 Å². The minimum absolute atomic E-state index is 0.219. The Hall–Kier alpha value is -0.930. The number of nitrogens with one attached hydrogen (secondary N) is 2. The van der Waals surface area contributed by atoms with Crippen LogP contribution in [-0.4, -0.2) is 25.1 Å². The van der Waals surface area contributed by atoms with Crippen molar-refractivity contribution in [2.75, 3.05) is 19.5 Å². The van der Waals surface area contributed by atoms with Gasteiger partial charge in [0.1, 0.15) is 5.69 Å². The third kappa shape index (κ3) is 4.03. The second-order valence-corrected chi connectivity index (χ2v) is 6.45. The van der Waals surface area contributed by atoms with E-state index in [4.69, 9.17) is 9.47 Å². The number of pyridine rings is 1. The molecule has 1 amide bonds. The summed E-state index contributed by atoms with van der Waals surface area (Å²) in [6.45, 7) is 5.34. The Morgan fingerprint density at radius 2 is 1.90 bits per heavy atom. The number of halogens is 1. The van der Waals surface area contributed by atoms with Crippen molar-refractivity contribution < 1.29 is 14.3 Å². The summed E-state index contributed by atoms with van der Waals surface area (Å²) in [6.07, 6.45) is -0.649. The zero-order valence-electron chi connectivity index (χ0n) is 12.2. The molecule has 1 aromatic heterocycles. The van der Waals surface area contributed by atoms with Gasteiger partial charge in [0.05, 0.1) is 5.69 Å². The molecular weight excluding hydrogens is 375 g/mol. The number of aromatic nitrogens is 1. The first-order chi connectivity index (χ1) is 9.20. The molecule has 0 aromatic carbocycles. The summed E-state index contributed by atoms with van der Waals surface area (Å²) in [6, 6.07) is 1.71. The van der Waals surface area contributed by atoms with Crippen LogP contribution >= 0.6 is 22.6 Å². The predicted molar refractivity (Wildman–Crippen MR) is 84.6 cm³/mol. The number of hydrogen-bond donors (Lipinski definition) is 2. The van der Waals surface area contributed by atoms with Crippen LogP contribution in [0.2, 0.25) is 0 Å². The number of hydrogen-bond acceptors (Lipinski definition) is 4. The lowest BCUT2D eigenvalue weighted by Gasteiger charge is -2.19. The highest BCUT2D eigenvalue weighted by Crippen LogP contribution is 2.22. The summed E-state index contributed by atoms with van der Waals surface area (Å²) in [4.78, 5) is 26.7. The quantitative estimate of drug-likeness (QED) is 0.607. The van der Waals surface area contributed by atoms with Gasteiger partial charge in [-0.3, -0.25) is 9.59 Å². The number of amides is 1. The summed E-state index contributed by atoms with van der Waals surface area (Å²) in [7, 11) is 2.96. The number of carbonyl (C=O) groups excluding carboxylic acids is 1. The lowest BCUT2D eigenvalue weighted by atomic mass is 9.95. The van der Waals surface area contributed by atoms with E-state index >= 15 is 0 Å². The van der Waals surface area contributed by atoms with E-state index < -0.39 is 11.7 Å². The maximum Gasteiger partial charge on any atom is 0.273 e. The number of aromatic amines is 1. The zero-order valence-corrected chi connectivity index (χ0v) is 14.3. The first-order valence-electron chi connectivity index (χ1n) is 6.00. The van der Waals surface area contributed by atoms with Crippen molar-refractivity contribution in [2.24, 2.45) is 5.41 Å². The summed E-state index contributed by atoms with van der Waals surface area (Å²) in [5.74, 6) is -0.219. The highest BCUT2D eigenvalue weighted by Gasteiger charge is 2.23. The van der Waals surface area contributed by atoms with Crippen molar-refractivity contribution in [3.8, 4) is 0 Å². The third-order valence-corrected chi connectivity index (χ3v) is 3.46. The maximum absolute atomic E-state index is 12.1. The molecule has 7 heteroatoms. The van der Waals surface area contributed by atoms with Crippen LogP contribution in [-0.2, 0) is 14.3 Å². The van der Waals surface area contributed by atoms with E-state index in [9.17, 15) is 9.59 Å². The Morgan fingerprint density at radius 1 is 1.35 bits per heavy atom. The highest BCUT2D eigenvalue weighted by atomic mass is 127. The molecule has 0 saturated carbocycles.